The molecule has 1 amide bonds. The lowest BCUT2D eigenvalue weighted by Crippen LogP contribution is -2.25. The number of fused-ring (bicyclic) bond motifs is 1. The maximum absolute atomic E-state index is 13.3. The molecule has 0 aliphatic heterocycles. The van der Waals surface area contributed by atoms with Crippen LogP contribution in [0.15, 0.2) is 64.8 Å². The molecule has 2 aromatic heterocycles. The topological polar surface area (TPSA) is 90.3 Å². The Labute approximate surface area is 181 Å². The van der Waals surface area contributed by atoms with E-state index in [2.05, 4.69) is 10.4 Å². The fourth-order valence-corrected chi connectivity index (χ4v) is 4.13. The Bertz CT molecular complexity index is 1340. The van der Waals surface area contributed by atoms with Crippen molar-refractivity contribution in [3.05, 3.63) is 87.2 Å². The molecule has 0 aliphatic carbocycles. The predicted octanol–water partition coefficient (Wildman–Crippen LogP) is 4.18. The minimum atomic E-state index is -0.633. The highest BCUT2D eigenvalue weighted by molar-refractivity contribution is 7.16. The number of aromatic nitrogens is 2. The Kier molecular flexibility index (Phi) is 5.64. The Morgan fingerprint density at radius 1 is 1.13 bits per heavy atom. The number of hydrogen-bond donors (Lipinski definition) is 1. The number of benzene rings is 2. The molecule has 0 saturated heterocycles. The van der Waals surface area contributed by atoms with Crippen LogP contribution in [-0.2, 0) is 4.74 Å². The maximum atomic E-state index is 13.3. The summed E-state index contributed by atoms with van der Waals surface area (Å²) in [4.78, 5) is 38.7. The molecular formula is C23H19N3O4S. The third-order valence-corrected chi connectivity index (χ3v) is 5.52. The molecule has 8 heteroatoms. The van der Waals surface area contributed by atoms with Gasteiger partial charge in [-0.25, -0.2) is 4.79 Å². The van der Waals surface area contributed by atoms with Gasteiger partial charge in [0.15, 0.2) is 5.69 Å². The van der Waals surface area contributed by atoms with Crippen LogP contribution in [0, 0.1) is 6.92 Å². The highest BCUT2D eigenvalue weighted by Crippen LogP contribution is 2.31. The summed E-state index contributed by atoms with van der Waals surface area (Å²) >= 11 is 1.16. The summed E-state index contributed by atoms with van der Waals surface area (Å²) in [6, 6.07) is 15.9. The molecule has 2 aromatic carbocycles. The molecule has 0 atom stereocenters. The third-order valence-electron chi connectivity index (χ3n) is 4.63. The lowest BCUT2D eigenvalue weighted by molar-refractivity contribution is 0.0520. The molecule has 0 bridgehead atoms. The molecule has 0 unspecified atom stereocenters. The van der Waals surface area contributed by atoms with Gasteiger partial charge in [0.1, 0.15) is 5.00 Å². The van der Waals surface area contributed by atoms with E-state index in [-0.39, 0.29) is 23.6 Å². The van der Waals surface area contributed by atoms with Gasteiger partial charge in [-0.15, -0.1) is 11.3 Å². The molecule has 156 valence electrons. The monoisotopic (exact) mass is 433 g/mol. The second kappa shape index (κ2) is 8.53. The number of aryl methyl sites for hydroxylation is 1. The molecule has 4 aromatic rings. The van der Waals surface area contributed by atoms with Gasteiger partial charge >= 0.3 is 5.97 Å². The number of ether oxygens (including phenoxy) is 1. The van der Waals surface area contributed by atoms with E-state index in [1.54, 1.807) is 54.8 Å². The quantitative estimate of drug-likeness (QED) is 0.477. The van der Waals surface area contributed by atoms with E-state index in [0.29, 0.717) is 21.6 Å². The van der Waals surface area contributed by atoms with Crippen molar-refractivity contribution in [2.75, 3.05) is 11.9 Å². The van der Waals surface area contributed by atoms with Crippen LogP contribution in [0.3, 0.4) is 0 Å². The largest absolute Gasteiger partial charge is 0.461 e. The zero-order valence-corrected chi connectivity index (χ0v) is 17.7. The Morgan fingerprint density at radius 2 is 1.90 bits per heavy atom. The van der Waals surface area contributed by atoms with Gasteiger partial charge in [0.05, 0.1) is 17.7 Å². The van der Waals surface area contributed by atoms with Gasteiger partial charge < -0.3 is 10.1 Å². The first-order chi connectivity index (χ1) is 15.0. The van der Waals surface area contributed by atoms with Gasteiger partial charge in [-0.05, 0) is 38.1 Å². The number of hydrogen-bond acceptors (Lipinski definition) is 6. The van der Waals surface area contributed by atoms with Gasteiger partial charge in [0.25, 0.3) is 11.5 Å². The molecule has 2 heterocycles. The molecule has 0 saturated carbocycles. The molecular weight excluding hydrogens is 414 g/mol. The number of amides is 1. The van der Waals surface area contributed by atoms with Crippen LogP contribution < -0.4 is 10.9 Å². The minimum absolute atomic E-state index is 0.0209. The van der Waals surface area contributed by atoms with Gasteiger partial charge in [-0.1, -0.05) is 35.9 Å². The van der Waals surface area contributed by atoms with Crippen molar-refractivity contribution in [1.29, 1.82) is 0 Å². The molecule has 0 radical (unpaired) electrons. The fourth-order valence-electron chi connectivity index (χ4n) is 3.20. The van der Waals surface area contributed by atoms with Crippen LogP contribution in [-0.4, -0.2) is 28.3 Å². The lowest BCUT2D eigenvalue weighted by atomic mass is 10.1. The number of esters is 1. The van der Waals surface area contributed by atoms with E-state index in [1.807, 2.05) is 19.1 Å². The predicted molar refractivity (Wildman–Crippen MR) is 120 cm³/mol. The molecule has 31 heavy (non-hydrogen) atoms. The SMILES string of the molecule is CCOC(=O)c1nn(-c2ccccc2)c(=O)c2c(NC(=O)c3cccc(C)c3)scc12. The van der Waals surface area contributed by atoms with Crippen molar-refractivity contribution >= 4 is 39.0 Å². The van der Waals surface area contributed by atoms with E-state index < -0.39 is 11.5 Å². The first-order valence-electron chi connectivity index (χ1n) is 9.64. The highest BCUT2D eigenvalue weighted by Gasteiger charge is 2.23. The van der Waals surface area contributed by atoms with Gasteiger partial charge in [0.2, 0.25) is 0 Å². The number of carbonyl (C=O) groups is 2. The van der Waals surface area contributed by atoms with Gasteiger partial charge in [0, 0.05) is 16.3 Å². The normalized spacial score (nSPS) is 10.8. The van der Waals surface area contributed by atoms with Crippen LogP contribution in [0.25, 0.3) is 16.5 Å². The number of rotatable bonds is 5. The maximum Gasteiger partial charge on any atom is 0.359 e. The van der Waals surface area contributed by atoms with Crippen LogP contribution in [0.4, 0.5) is 5.00 Å². The number of carbonyl (C=O) groups excluding carboxylic acids is 2. The van der Waals surface area contributed by atoms with E-state index in [0.717, 1.165) is 21.6 Å². The molecule has 0 spiro atoms. The Hall–Kier alpha value is -3.78. The number of anilines is 1. The summed E-state index contributed by atoms with van der Waals surface area (Å²) in [7, 11) is 0. The summed E-state index contributed by atoms with van der Waals surface area (Å²) in [6.07, 6.45) is 0. The number of nitrogens with one attached hydrogen (secondary N) is 1. The summed E-state index contributed by atoms with van der Waals surface area (Å²) in [6.45, 7) is 3.77. The number of para-hydroxylation sites is 1. The Morgan fingerprint density at radius 3 is 2.61 bits per heavy atom. The van der Waals surface area contributed by atoms with E-state index in [4.69, 9.17) is 4.74 Å². The van der Waals surface area contributed by atoms with Crippen LogP contribution in [0.5, 0.6) is 0 Å². The zero-order valence-electron chi connectivity index (χ0n) is 16.9. The Balaban J connectivity index is 1.88. The molecule has 0 fully saturated rings. The first-order valence-corrected chi connectivity index (χ1v) is 10.5. The summed E-state index contributed by atoms with van der Waals surface area (Å²) < 4.78 is 6.30. The fraction of sp³-hybridized carbons (Fsp3) is 0.130. The smallest absolute Gasteiger partial charge is 0.359 e. The highest BCUT2D eigenvalue weighted by atomic mass is 32.1. The van der Waals surface area contributed by atoms with E-state index >= 15 is 0 Å². The molecule has 1 N–H and O–H groups in total. The second-order valence-electron chi connectivity index (χ2n) is 6.80. The van der Waals surface area contributed by atoms with Crippen molar-refractivity contribution < 1.29 is 14.3 Å². The van der Waals surface area contributed by atoms with Crippen LogP contribution in [0.1, 0.15) is 33.3 Å². The summed E-state index contributed by atoms with van der Waals surface area (Å²) in [5.41, 5.74) is 1.51. The standard InChI is InChI=1S/C23H19N3O4S/c1-3-30-23(29)19-17-13-31-21(24-20(27)15-9-7-8-14(2)12-15)18(17)22(28)26(25-19)16-10-5-4-6-11-16/h4-13H,3H2,1-2H3,(H,24,27). The van der Waals surface area contributed by atoms with E-state index in [9.17, 15) is 14.4 Å². The van der Waals surface area contributed by atoms with Crippen molar-refractivity contribution in [2.24, 2.45) is 0 Å². The summed E-state index contributed by atoms with van der Waals surface area (Å²) in [5.74, 6) is -0.973. The number of thiophene rings is 1. The second-order valence-corrected chi connectivity index (χ2v) is 7.68. The average molecular weight is 433 g/mol. The van der Waals surface area contributed by atoms with Crippen molar-refractivity contribution in [1.82, 2.24) is 9.78 Å². The van der Waals surface area contributed by atoms with E-state index in [1.165, 1.54) is 0 Å². The number of nitrogens with zero attached hydrogens (tertiary/aromatic N) is 2. The first kappa shape index (κ1) is 20.5. The van der Waals surface area contributed by atoms with Crippen molar-refractivity contribution in [3.8, 4) is 5.69 Å². The third kappa shape index (κ3) is 3.97. The lowest BCUT2D eigenvalue weighted by Gasteiger charge is -2.10. The van der Waals surface area contributed by atoms with Crippen molar-refractivity contribution in [2.45, 2.75) is 13.8 Å². The zero-order chi connectivity index (χ0) is 22.0. The van der Waals surface area contributed by atoms with Gasteiger partial charge in [-0.3, -0.25) is 9.59 Å². The van der Waals surface area contributed by atoms with Crippen LogP contribution in [0.2, 0.25) is 0 Å². The summed E-state index contributed by atoms with van der Waals surface area (Å²) in [5, 5.41) is 9.64. The van der Waals surface area contributed by atoms with Crippen molar-refractivity contribution in [3.63, 3.8) is 0 Å². The molecule has 0 aliphatic rings. The average Bonchev–Trinajstić information content (AvgIpc) is 3.19. The van der Waals surface area contributed by atoms with Crippen LogP contribution >= 0.6 is 11.3 Å². The minimum Gasteiger partial charge on any atom is -0.461 e. The van der Waals surface area contributed by atoms with Gasteiger partial charge in [-0.2, -0.15) is 9.78 Å². The molecule has 7 nitrogen and oxygen atoms in total. The molecule has 4 rings (SSSR count).